The van der Waals surface area contributed by atoms with Crippen LogP contribution in [0.5, 0.6) is 0 Å². The summed E-state index contributed by atoms with van der Waals surface area (Å²) in [7, 11) is 0. The Bertz CT molecular complexity index is 664. The number of epoxide rings is 1. The molecule has 1 aliphatic heterocycles. The number of carbonyl (C=O) groups is 1. The van der Waals surface area contributed by atoms with Crippen molar-refractivity contribution in [2.75, 3.05) is 6.61 Å². The molecule has 1 saturated heterocycles. The summed E-state index contributed by atoms with van der Waals surface area (Å²) in [5.74, 6) is 5.82. The maximum Gasteiger partial charge on any atom is 0.416 e. The molecule has 23 heavy (non-hydrogen) atoms. The van der Waals surface area contributed by atoms with Gasteiger partial charge in [0.15, 0.2) is 5.78 Å². The van der Waals surface area contributed by atoms with E-state index in [0.717, 1.165) is 12.1 Å². The molecule has 5 nitrogen and oxygen atoms in total. The van der Waals surface area contributed by atoms with E-state index in [2.05, 4.69) is 0 Å². The summed E-state index contributed by atoms with van der Waals surface area (Å²) in [5, 5.41) is 1.29. The number of nitrogens with two attached hydrogens (primary N) is 2. The molecule has 0 amide bonds. The largest absolute Gasteiger partial charge is 0.416 e. The minimum absolute atomic E-state index is 0.0724. The van der Waals surface area contributed by atoms with E-state index in [0.29, 0.717) is 30.7 Å². The zero-order valence-electron chi connectivity index (χ0n) is 12.2. The second kappa shape index (κ2) is 5.24. The van der Waals surface area contributed by atoms with Gasteiger partial charge < -0.3 is 15.5 Å². The van der Waals surface area contributed by atoms with E-state index < -0.39 is 17.3 Å². The maximum absolute atomic E-state index is 12.6. The number of ether oxygens (including phenoxy) is 1. The highest BCUT2D eigenvalue weighted by Crippen LogP contribution is 2.44. The molecule has 0 bridgehead atoms. The van der Waals surface area contributed by atoms with E-state index in [1.165, 1.54) is 17.1 Å². The Balaban J connectivity index is 1.80. The highest BCUT2D eigenvalue weighted by Gasteiger charge is 2.54. The van der Waals surface area contributed by atoms with Crippen molar-refractivity contribution in [2.45, 2.75) is 31.2 Å². The van der Waals surface area contributed by atoms with Gasteiger partial charge >= 0.3 is 6.18 Å². The molecule has 2 aliphatic rings. The standard InChI is InChI=1S/C15H16F3N3O2/c16-15(17,18)10-3-1-9(2-4-10)7-21(20)13-12(19)11(22)5-6-14(13)8-23-14/h1-4H,5-8,19-20H2. The smallest absolute Gasteiger partial charge is 0.394 e. The predicted octanol–water partition coefficient (Wildman–Crippen LogP) is 1.68. The van der Waals surface area contributed by atoms with E-state index in [1.54, 1.807) is 0 Å². The fourth-order valence-corrected chi connectivity index (χ4v) is 2.81. The normalized spacial score (nSPS) is 24.3. The third kappa shape index (κ3) is 2.91. The number of alkyl halides is 3. The lowest BCUT2D eigenvalue weighted by Crippen LogP contribution is -2.43. The zero-order valence-corrected chi connectivity index (χ0v) is 12.2. The number of hydrogen-bond donors (Lipinski definition) is 2. The van der Waals surface area contributed by atoms with E-state index in [1.807, 2.05) is 0 Å². The third-order valence-electron chi connectivity index (χ3n) is 4.16. The van der Waals surface area contributed by atoms with Crippen molar-refractivity contribution in [3.8, 4) is 0 Å². The van der Waals surface area contributed by atoms with Crippen molar-refractivity contribution in [2.24, 2.45) is 11.6 Å². The molecule has 1 aliphatic carbocycles. The second-order valence-corrected chi connectivity index (χ2v) is 5.79. The summed E-state index contributed by atoms with van der Waals surface area (Å²) in [6.07, 6.45) is -3.55. The molecule has 1 spiro atoms. The van der Waals surface area contributed by atoms with Crippen LogP contribution in [0.1, 0.15) is 24.0 Å². The van der Waals surface area contributed by atoms with Gasteiger partial charge in [0.2, 0.25) is 0 Å². The number of nitrogens with zero attached hydrogens (tertiary/aromatic N) is 1. The summed E-state index contributed by atoms with van der Waals surface area (Å²) < 4.78 is 43.1. The van der Waals surface area contributed by atoms with Gasteiger partial charge in [-0.1, -0.05) is 12.1 Å². The number of carbonyl (C=O) groups excluding carboxylic acids is 1. The highest BCUT2D eigenvalue weighted by atomic mass is 19.4. The highest BCUT2D eigenvalue weighted by molar-refractivity contribution is 5.96. The van der Waals surface area contributed by atoms with E-state index in [4.69, 9.17) is 16.3 Å². The van der Waals surface area contributed by atoms with Crippen LogP contribution in [0, 0.1) is 0 Å². The first-order valence-corrected chi connectivity index (χ1v) is 7.09. The lowest BCUT2D eigenvalue weighted by molar-refractivity contribution is -0.137. The predicted molar refractivity (Wildman–Crippen MR) is 75.3 cm³/mol. The second-order valence-electron chi connectivity index (χ2n) is 5.79. The summed E-state index contributed by atoms with van der Waals surface area (Å²) in [4.78, 5) is 11.8. The molecule has 1 aromatic rings. The van der Waals surface area contributed by atoms with Crippen molar-refractivity contribution in [3.05, 3.63) is 46.8 Å². The number of ketones is 1. The van der Waals surface area contributed by atoms with Gasteiger partial charge in [0.05, 0.1) is 30.1 Å². The number of Topliss-reactive ketones (excluding diaryl/α,β-unsaturated/α-hetero) is 1. The van der Waals surface area contributed by atoms with Crippen LogP contribution in [0.4, 0.5) is 13.2 Å². The van der Waals surface area contributed by atoms with Crippen LogP contribution >= 0.6 is 0 Å². The van der Waals surface area contributed by atoms with Crippen LogP contribution in [-0.2, 0) is 22.3 Å². The van der Waals surface area contributed by atoms with Crippen LogP contribution in [0.2, 0.25) is 0 Å². The van der Waals surface area contributed by atoms with E-state index in [-0.39, 0.29) is 18.0 Å². The topological polar surface area (TPSA) is 84.9 Å². The Morgan fingerprint density at radius 3 is 2.39 bits per heavy atom. The quantitative estimate of drug-likeness (QED) is 0.501. The van der Waals surface area contributed by atoms with Gasteiger partial charge in [0, 0.05) is 6.42 Å². The number of benzene rings is 1. The Morgan fingerprint density at radius 2 is 1.87 bits per heavy atom. The first-order valence-electron chi connectivity index (χ1n) is 7.09. The molecule has 1 unspecified atom stereocenters. The minimum Gasteiger partial charge on any atom is -0.394 e. The molecule has 124 valence electrons. The molecule has 1 aromatic carbocycles. The molecule has 1 fully saturated rings. The van der Waals surface area contributed by atoms with Crippen molar-refractivity contribution in [1.82, 2.24) is 5.01 Å². The van der Waals surface area contributed by atoms with Gasteiger partial charge in [-0.15, -0.1) is 0 Å². The molecule has 8 heteroatoms. The van der Waals surface area contributed by atoms with Crippen molar-refractivity contribution in [1.29, 1.82) is 0 Å². The van der Waals surface area contributed by atoms with Crippen molar-refractivity contribution >= 4 is 5.78 Å². The fourth-order valence-electron chi connectivity index (χ4n) is 2.81. The molecular weight excluding hydrogens is 311 g/mol. The summed E-state index contributed by atoms with van der Waals surface area (Å²) in [5.41, 5.74) is 5.59. The minimum atomic E-state index is -4.38. The van der Waals surface area contributed by atoms with Crippen LogP contribution in [0.25, 0.3) is 0 Å². The first kappa shape index (κ1) is 15.8. The number of halogens is 3. The van der Waals surface area contributed by atoms with Gasteiger partial charge in [0.1, 0.15) is 5.60 Å². The monoisotopic (exact) mass is 327 g/mol. The molecule has 1 heterocycles. The molecular formula is C15H16F3N3O2. The fraction of sp³-hybridized carbons (Fsp3) is 0.400. The van der Waals surface area contributed by atoms with Crippen LogP contribution in [-0.4, -0.2) is 23.0 Å². The van der Waals surface area contributed by atoms with Crippen molar-refractivity contribution in [3.63, 3.8) is 0 Å². The number of rotatable bonds is 3. The lowest BCUT2D eigenvalue weighted by Gasteiger charge is -2.31. The Kier molecular flexibility index (Phi) is 3.61. The van der Waals surface area contributed by atoms with E-state index in [9.17, 15) is 18.0 Å². The number of hydrazine groups is 1. The average Bonchev–Trinajstić information content (AvgIpc) is 3.23. The number of hydrogen-bond acceptors (Lipinski definition) is 5. The van der Waals surface area contributed by atoms with Gasteiger partial charge in [-0.05, 0) is 24.1 Å². The summed E-state index contributed by atoms with van der Waals surface area (Å²) in [6.45, 7) is 0.573. The maximum atomic E-state index is 12.6. The van der Waals surface area contributed by atoms with Crippen LogP contribution < -0.4 is 11.6 Å². The summed E-state index contributed by atoms with van der Waals surface area (Å²) in [6, 6.07) is 4.70. The third-order valence-corrected chi connectivity index (χ3v) is 4.16. The lowest BCUT2D eigenvalue weighted by atomic mass is 9.89. The SMILES string of the molecule is NC1=C(N(N)Cc2ccc(C(F)(F)F)cc2)C2(CCC1=O)CO2. The molecule has 0 aromatic heterocycles. The molecule has 4 N–H and O–H groups in total. The van der Waals surface area contributed by atoms with Gasteiger partial charge in [-0.25, -0.2) is 5.84 Å². The van der Waals surface area contributed by atoms with E-state index >= 15 is 0 Å². The number of allylic oxidation sites excluding steroid dienone is 1. The molecule has 3 rings (SSSR count). The van der Waals surface area contributed by atoms with Crippen molar-refractivity contribution < 1.29 is 22.7 Å². The van der Waals surface area contributed by atoms with Gasteiger partial charge in [-0.3, -0.25) is 4.79 Å². The van der Waals surface area contributed by atoms with Crippen LogP contribution in [0.3, 0.4) is 0 Å². The Morgan fingerprint density at radius 1 is 1.26 bits per heavy atom. The van der Waals surface area contributed by atoms with Crippen LogP contribution in [0.15, 0.2) is 35.7 Å². The average molecular weight is 327 g/mol. The zero-order chi connectivity index (χ0) is 16.8. The molecule has 0 radical (unpaired) electrons. The summed E-state index contributed by atoms with van der Waals surface area (Å²) >= 11 is 0. The Labute approximate surface area is 130 Å². The molecule has 0 saturated carbocycles. The first-order chi connectivity index (χ1) is 10.7. The Hall–Kier alpha value is -2.06. The molecule has 1 atom stereocenters. The van der Waals surface area contributed by atoms with Gasteiger partial charge in [0.25, 0.3) is 0 Å². The van der Waals surface area contributed by atoms with Gasteiger partial charge in [-0.2, -0.15) is 13.2 Å².